The number of ether oxygens (including phenoxy) is 1. The van der Waals surface area contributed by atoms with Gasteiger partial charge in [0, 0.05) is 5.56 Å². The summed E-state index contributed by atoms with van der Waals surface area (Å²) in [7, 11) is 1.66. The van der Waals surface area contributed by atoms with Crippen molar-refractivity contribution in [2.45, 2.75) is 17.5 Å². The fraction of sp³-hybridized carbons (Fsp3) is 0.136. The molecule has 0 amide bonds. The molecule has 0 saturated carbocycles. The van der Waals surface area contributed by atoms with Crippen LogP contribution in [0.2, 0.25) is 0 Å². The largest absolute Gasteiger partial charge is 0.497 e. The van der Waals surface area contributed by atoms with Gasteiger partial charge in [0.1, 0.15) is 16.5 Å². The second-order valence-corrected chi connectivity index (χ2v) is 8.63. The number of methoxy groups -OCH3 is 1. The monoisotopic (exact) mass is 434 g/mol. The zero-order chi connectivity index (χ0) is 20.3. The minimum Gasteiger partial charge on any atom is -0.497 e. The first-order valence-corrected chi connectivity index (χ1v) is 11.2. The van der Waals surface area contributed by atoms with Gasteiger partial charge in [-0.2, -0.15) is 0 Å². The maximum atomic E-state index is 5.58. The van der Waals surface area contributed by atoms with E-state index in [1.165, 1.54) is 4.70 Å². The molecule has 0 atom stereocenters. The second kappa shape index (κ2) is 8.33. The lowest BCUT2D eigenvalue weighted by Gasteiger charge is -2.09. The lowest BCUT2D eigenvalue weighted by atomic mass is 10.2. The number of rotatable bonds is 7. The third-order valence-corrected chi connectivity index (χ3v) is 6.80. The summed E-state index contributed by atoms with van der Waals surface area (Å²) >= 11 is 3.34. The van der Waals surface area contributed by atoms with E-state index in [0.29, 0.717) is 6.54 Å². The molecular weight excluding hydrogens is 416 g/mol. The molecule has 8 heteroatoms. The Kier molecular flexibility index (Phi) is 5.25. The van der Waals surface area contributed by atoms with Crippen LogP contribution in [0.25, 0.3) is 21.6 Å². The van der Waals surface area contributed by atoms with Crippen molar-refractivity contribution in [2.24, 2.45) is 0 Å². The summed E-state index contributed by atoms with van der Waals surface area (Å²) in [5.74, 6) is 3.13. The Bertz CT molecular complexity index is 1240. The van der Waals surface area contributed by atoms with Crippen LogP contribution >= 0.6 is 23.1 Å². The number of thiazole rings is 1. The third-order valence-electron chi connectivity index (χ3n) is 4.60. The van der Waals surface area contributed by atoms with Crippen LogP contribution in [-0.4, -0.2) is 26.9 Å². The number of thioether (sulfide) groups is 1. The minimum absolute atomic E-state index is 0.550. The summed E-state index contributed by atoms with van der Waals surface area (Å²) in [4.78, 5) is 4.73. The highest BCUT2D eigenvalue weighted by atomic mass is 32.2. The van der Waals surface area contributed by atoms with E-state index in [0.717, 1.165) is 44.3 Å². The van der Waals surface area contributed by atoms with Crippen LogP contribution in [0.1, 0.15) is 10.8 Å². The van der Waals surface area contributed by atoms with Gasteiger partial charge in [0.2, 0.25) is 0 Å². The van der Waals surface area contributed by atoms with E-state index < -0.39 is 0 Å². The molecule has 0 unspecified atom stereocenters. The number of furan rings is 1. The van der Waals surface area contributed by atoms with Gasteiger partial charge in [0.15, 0.2) is 11.0 Å². The second-order valence-electron chi connectivity index (χ2n) is 6.57. The molecule has 0 spiro atoms. The molecule has 2 aromatic carbocycles. The quantitative estimate of drug-likeness (QED) is 0.315. The zero-order valence-electron chi connectivity index (χ0n) is 16.2. The molecule has 0 aliphatic carbocycles. The molecule has 3 aromatic heterocycles. The van der Waals surface area contributed by atoms with Crippen molar-refractivity contribution in [1.29, 1.82) is 0 Å². The summed E-state index contributed by atoms with van der Waals surface area (Å²) < 4.78 is 14.2. The molecule has 6 nitrogen and oxygen atoms in total. The SMILES string of the molecule is COc1cccc(-c2nnc(SCc3nc4ccccc4s3)n2Cc2ccco2)c1. The molecule has 0 aliphatic heterocycles. The van der Waals surface area contributed by atoms with Crippen LogP contribution in [0.4, 0.5) is 0 Å². The highest BCUT2D eigenvalue weighted by Gasteiger charge is 2.17. The molecule has 0 saturated heterocycles. The van der Waals surface area contributed by atoms with Crippen molar-refractivity contribution in [3.8, 4) is 17.1 Å². The Labute approximate surface area is 181 Å². The van der Waals surface area contributed by atoms with Gasteiger partial charge in [-0.15, -0.1) is 21.5 Å². The topological polar surface area (TPSA) is 66.0 Å². The van der Waals surface area contributed by atoms with E-state index in [2.05, 4.69) is 20.8 Å². The summed E-state index contributed by atoms with van der Waals surface area (Å²) in [6.07, 6.45) is 1.68. The van der Waals surface area contributed by atoms with Gasteiger partial charge in [-0.1, -0.05) is 36.0 Å². The first-order valence-electron chi connectivity index (χ1n) is 9.37. The number of hydrogen-bond donors (Lipinski definition) is 0. The van der Waals surface area contributed by atoms with Crippen LogP contribution in [0, 0.1) is 0 Å². The number of aromatic nitrogens is 4. The number of benzene rings is 2. The number of fused-ring (bicyclic) bond motifs is 1. The molecule has 150 valence electrons. The number of para-hydroxylation sites is 1. The predicted molar refractivity (Wildman–Crippen MR) is 119 cm³/mol. The predicted octanol–water partition coefficient (Wildman–Crippen LogP) is 5.50. The van der Waals surface area contributed by atoms with Gasteiger partial charge in [-0.05, 0) is 36.4 Å². The van der Waals surface area contributed by atoms with Crippen LogP contribution < -0.4 is 4.74 Å². The maximum absolute atomic E-state index is 5.58. The van der Waals surface area contributed by atoms with E-state index in [-0.39, 0.29) is 0 Å². The lowest BCUT2D eigenvalue weighted by molar-refractivity contribution is 0.415. The van der Waals surface area contributed by atoms with Gasteiger partial charge >= 0.3 is 0 Å². The highest BCUT2D eigenvalue weighted by Crippen LogP contribution is 2.31. The minimum atomic E-state index is 0.550. The molecule has 3 heterocycles. The average Bonchev–Trinajstić information content (AvgIpc) is 3.52. The zero-order valence-corrected chi connectivity index (χ0v) is 17.8. The lowest BCUT2D eigenvalue weighted by Crippen LogP contribution is -2.03. The van der Waals surface area contributed by atoms with Crippen LogP contribution in [-0.2, 0) is 12.3 Å². The van der Waals surface area contributed by atoms with E-state index in [1.54, 1.807) is 36.5 Å². The Morgan fingerprint density at radius 1 is 1.07 bits per heavy atom. The number of hydrogen-bond acceptors (Lipinski definition) is 7. The first-order chi connectivity index (χ1) is 14.8. The third kappa shape index (κ3) is 3.83. The van der Waals surface area contributed by atoms with Gasteiger partial charge < -0.3 is 9.15 Å². The van der Waals surface area contributed by atoms with Crippen molar-refractivity contribution in [2.75, 3.05) is 7.11 Å². The average molecular weight is 435 g/mol. The summed E-state index contributed by atoms with van der Waals surface area (Å²) in [5, 5.41) is 10.8. The number of nitrogens with zero attached hydrogens (tertiary/aromatic N) is 4. The van der Waals surface area contributed by atoms with Crippen molar-refractivity contribution in [3.05, 3.63) is 77.7 Å². The Morgan fingerprint density at radius 3 is 2.83 bits per heavy atom. The summed E-state index contributed by atoms with van der Waals surface area (Å²) in [5.41, 5.74) is 1.98. The van der Waals surface area contributed by atoms with E-state index >= 15 is 0 Å². The fourth-order valence-electron chi connectivity index (χ4n) is 3.18. The van der Waals surface area contributed by atoms with E-state index in [9.17, 15) is 0 Å². The van der Waals surface area contributed by atoms with Gasteiger partial charge in [0.05, 0.1) is 35.9 Å². The molecular formula is C22H18N4O2S2. The van der Waals surface area contributed by atoms with Crippen molar-refractivity contribution < 1.29 is 9.15 Å². The normalized spacial score (nSPS) is 11.2. The molecule has 0 N–H and O–H groups in total. The van der Waals surface area contributed by atoms with E-state index in [1.807, 2.05) is 54.6 Å². The molecule has 30 heavy (non-hydrogen) atoms. The summed E-state index contributed by atoms with van der Waals surface area (Å²) in [6, 6.07) is 19.9. The molecule has 0 fully saturated rings. The molecule has 0 radical (unpaired) electrons. The molecule has 0 bridgehead atoms. The smallest absolute Gasteiger partial charge is 0.192 e. The first kappa shape index (κ1) is 18.9. The van der Waals surface area contributed by atoms with Crippen LogP contribution in [0.15, 0.2) is 76.5 Å². The van der Waals surface area contributed by atoms with Gasteiger partial charge in [0.25, 0.3) is 0 Å². The van der Waals surface area contributed by atoms with Gasteiger partial charge in [-0.3, -0.25) is 4.57 Å². The van der Waals surface area contributed by atoms with Crippen molar-refractivity contribution >= 4 is 33.3 Å². The Balaban J connectivity index is 1.46. The summed E-state index contributed by atoms with van der Waals surface area (Å²) in [6.45, 7) is 0.550. The Morgan fingerprint density at radius 2 is 2.00 bits per heavy atom. The molecule has 5 aromatic rings. The maximum Gasteiger partial charge on any atom is 0.192 e. The fourth-order valence-corrected chi connectivity index (χ4v) is 5.08. The van der Waals surface area contributed by atoms with Crippen LogP contribution in [0.5, 0.6) is 5.75 Å². The highest BCUT2D eigenvalue weighted by molar-refractivity contribution is 7.98. The Hall–Kier alpha value is -3.10. The van der Waals surface area contributed by atoms with Crippen molar-refractivity contribution in [3.63, 3.8) is 0 Å². The van der Waals surface area contributed by atoms with Crippen molar-refractivity contribution in [1.82, 2.24) is 19.7 Å². The van der Waals surface area contributed by atoms with Gasteiger partial charge in [-0.25, -0.2) is 4.98 Å². The van der Waals surface area contributed by atoms with Crippen LogP contribution in [0.3, 0.4) is 0 Å². The molecule has 5 rings (SSSR count). The molecule has 0 aliphatic rings. The standard InChI is InChI=1S/C22H18N4O2S2/c1-27-16-7-4-6-15(12-16)21-24-25-22(26(21)13-17-8-5-11-28-17)29-14-20-23-18-9-2-3-10-19(18)30-20/h2-12H,13-14H2,1H3. The van der Waals surface area contributed by atoms with E-state index in [4.69, 9.17) is 14.1 Å².